The number of hydrogen-bond donors (Lipinski definition) is 1. The minimum atomic E-state index is -0.428. The summed E-state index contributed by atoms with van der Waals surface area (Å²) in [7, 11) is 0. The van der Waals surface area contributed by atoms with Crippen LogP contribution in [0.25, 0.3) is 0 Å². The summed E-state index contributed by atoms with van der Waals surface area (Å²) in [4.78, 5) is 11.6. The summed E-state index contributed by atoms with van der Waals surface area (Å²) in [5.41, 5.74) is 0. The fraction of sp³-hybridized carbons (Fsp3) is 0.929. The molecular formula is C14H28O2. The Bertz CT molecular complexity index is 187. The first-order valence-corrected chi connectivity index (χ1v) is 6.70. The third kappa shape index (κ3) is 7.00. The molecule has 0 saturated heterocycles. The SMILES string of the molecule is CCCCC(CC)C(O)CC(=O)CC(C)C. The van der Waals surface area contributed by atoms with Crippen LogP contribution < -0.4 is 0 Å². The van der Waals surface area contributed by atoms with E-state index in [1.807, 2.05) is 13.8 Å². The molecule has 0 heterocycles. The maximum absolute atomic E-state index is 11.6. The van der Waals surface area contributed by atoms with E-state index < -0.39 is 6.10 Å². The molecule has 0 amide bonds. The van der Waals surface area contributed by atoms with Gasteiger partial charge in [-0.15, -0.1) is 0 Å². The van der Waals surface area contributed by atoms with E-state index in [-0.39, 0.29) is 5.78 Å². The van der Waals surface area contributed by atoms with E-state index in [1.165, 1.54) is 0 Å². The lowest BCUT2D eigenvalue weighted by molar-refractivity contribution is -0.122. The third-order valence-electron chi connectivity index (χ3n) is 3.07. The average molecular weight is 228 g/mol. The van der Waals surface area contributed by atoms with Gasteiger partial charge in [0.1, 0.15) is 5.78 Å². The molecule has 0 aromatic rings. The van der Waals surface area contributed by atoms with Gasteiger partial charge in [-0.05, 0) is 18.3 Å². The van der Waals surface area contributed by atoms with Crippen LogP contribution in [0.4, 0.5) is 0 Å². The summed E-state index contributed by atoms with van der Waals surface area (Å²) in [6.45, 7) is 8.33. The van der Waals surface area contributed by atoms with Gasteiger partial charge in [0.2, 0.25) is 0 Å². The molecule has 0 aliphatic carbocycles. The van der Waals surface area contributed by atoms with Crippen molar-refractivity contribution in [2.45, 2.75) is 72.3 Å². The molecule has 2 atom stereocenters. The molecule has 0 saturated carbocycles. The fourth-order valence-electron chi connectivity index (χ4n) is 2.07. The molecule has 0 fully saturated rings. The number of rotatable bonds is 9. The molecule has 16 heavy (non-hydrogen) atoms. The monoisotopic (exact) mass is 228 g/mol. The molecule has 0 aromatic carbocycles. The largest absolute Gasteiger partial charge is 0.392 e. The quantitative estimate of drug-likeness (QED) is 0.655. The summed E-state index contributed by atoms with van der Waals surface area (Å²) in [5.74, 6) is 0.906. The zero-order valence-electron chi connectivity index (χ0n) is 11.3. The topological polar surface area (TPSA) is 37.3 Å². The molecule has 2 heteroatoms. The highest BCUT2D eigenvalue weighted by atomic mass is 16.3. The van der Waals surface area contributed by atoms with Crippen molar-refractivity contribution in [1.29, 1.82) is 0 Å². The summed E-state index contributed by atoms with van der Waals surface area (Å²) < 4.78 is 0. The zero-order valence-corrected chi connectivity index (χ0v) is 11.3. The van der Waals surface area contributed by atoms with Gasteiger partial charge >= 0.3 is 0 Å². The summed E-state index contributed by atoms with van der Waals surface area (Å²) in [6.07, 6.45) is 4.83. The van der Waals surface area contributed by atoms with Gasteiger partial charge in [-0.1, -0.05) is 47.0 Å². The first kappa shape index (κ1) is 15.6. The van der Waals surface area contributed by atoms with E-state index in [0.29, 0.717) is 24.7 Å². The average Bonchev–Trinajstić information content (AvgIpc) is 2.17. The highest BCUT2D eigenvalue weighted by molar-refractivity contribution is 5.79. The Labute approximate surface area is 100 Å². The van der Waals surface area contributed by atoms with Gasteiger partial charge in [0.25, 0.3) is 0 Å². The van der Waals surface area contributed by atoms with Crippen LogP contribution in [0.1, 0.15) is 66.2 Å². The van der Waals surface area contributed by atoms with Crippen LogP contribution >= 0.6 is 0 Å². The minimum absolute atomic E-state index is 0.206. The second-order valence-corrected chi connectivity index (χ2v) is 5.22. The molecule has 2 unspecified atom stereocenters. The molecule has 0 aromatic heterocycles. The van der Waals surface area contributed by atoms with Crippen LogP contribution in [0, 0.1) is 11.8 Å². The molecule has 0 aliphatic rings. The van der Waals surface area contributed by atoms with Crippen molar-refractivity contribution in [2.75, 3.05) is 0 Å². The Hall–Kier alpha value is -0.370. The van der Waals surface area contributed by atoms with Gasteiger partial charge in [0.05, 0.1) is 6.10 Å². The number of carbonyl (C=O) groups excluding carboxylic acids is 1. The van der Waals surface area contributed by atoms with Gasteiger partial charge < -0.3 is 5.11 Å². The van der Waals surface area contributed by atoms with Crippen molar-refractivity contribution < 1.29 is 9.90 Å². The molecule has 0 bridgehead atoms. The van der Waals surface area contributed by atoms with Crippen LogP contribution in [0.2, 0.25) is 0 Å². The second-order valence-electron chi connectivity index (χ2n) is 5.22. The lowest BCUT2D eigenvalue weighted by Gasteiger charge is -2.21. The van der Waals surface area contributed by atoms with Gasteiger partial charge in [0, 0.05) is 12.8 Å². The number of ketones is 1. The highest BCUT2D eigenvalue weighted by Crippen LogP contribution is 2.20. The maximum Gasteiger partial charge on any atom is 0.135 e. The Morgan fingerprint density at radius 1 is 1.19 bits per heavy atom. The second kappa shape index (κ2) is 8.74. The number of carbonyl (C=O) groups is 1. The van der Waals surface area contributed by atoms with Crippen molar-refractivity contribution in [3.63, 3.8) is 0 Å². The van der Waals surface area contributed by atoms with Crippen LogP contribution in [0.15, 0.2) is 0 Å². The van der Waals surface area contributed by atoms with Crippen LogP contribution in [0.3, 0.4) is 0 Å². The molecular weight excluding hydrogens is 200 g/mol. The van der Waals surface area contributed by atoms with Crippen LogP contribution in [-0.4, -0.2) is 17.0 Å². The van der Waals surface area contributed by atoms with Crippen molar-refractivity contribution >= 4 is 5.78 Å². The van der Waals surface area contributed by atoms with Crippen molar-refractivity contribution in [1.82, 2.24) is 0 Å². The van der Waals surface area contributed by atoms with Crippen molar-refractivity contribution in [3.8, 4) is 0 Å². The molecule has 1 N–H and O–H groups in total. The fourth-order valence-corrected chi connectivity index (χ4v) is 2.07. The predicted octanol–water partition coefficient (Wildman–Crippen LogP) is 3.57. The number of aliphatic hydroxyl groups is 1. The molecule has 0 radical (unpaired) electrons. The zero-order chi connectivity index (χ0) is 12.6. The van der Waals surface area contributed by atoms with Crippen LogP contribution in [0.5, 0.6) is 0 Å². The maximum atomic E-state index is 11.6. The summed E-state index contributed by atoms with van der Waals surface area (Å²) >= 11 is 0. The first-order chi connectivity index (χ1) is 7.51. The Morgan fingerprint density at radius 3 is 2.25 bits per heavy atom. The van der Waals surface area contributed by atoms with Gasteiger partial charge in [0.15, 0.2) is 0 Å². The number of hydrogen-bond acceptors (Lipinski definition) is 2. The van der Waals surface area contributed by atoms with E-state index in [0.717, 1.165) is 25.7 Å². The van der Waals surface area contributed by atoms with Gasteiger partial charge in [-0.25, -0.2) is 0 Å². The van der Waals surface area contributed by atoms with E-state index in [4.69, 9.17) is 0 Å². The van der Waals surface area contributed by atoms with E-state index >= 15 is 0 Å². The van der Waals surface area contributed by atoms with E-state index in [1.54, 1.807) is 0 Å². The first-order valence-electron chi connectivity index (χ1n) is 6.70. The molecule has 0 spiro atoms. The van der Waals surface area contributed by atoms with Crippen molar-refractivity contribution in [2.24, 2.45) is 11.8 Å². The summed E-state index contributed by atoms with van der Waals surface area (Å²) in [5, 5.41) is 10.00. The summed E-state index contributed by atoms with van der Waals surface area (Å²) in [6, 6.07) is 0. The molecule has 96 valence electrons. The predicted molar refractivity (Wildman–Crippen MR) is 68.4 cm³/mol. The van der Waals surface area contributed by atoms with E-state index in [9.17, 15) is 9.90 Å². The van der Waals surface area contributed by atoms with E-state index in [2.05, 4.69) is 13.8 Å². The Morgan fingerprint density at radius 2 is 1.81 bits per heavy atom. The highest BCUT2D eigenvalue weighted by Gasteiger charge is 2.20. The lowest BCUT2D eigenvalue weighted by Crippen LogP contribution is -2.24. The van der Waals surface area contributed by atoms with Crippen molar-refractivity contribution in [3.05, 3.63) is 0 Å². The minimum Gasteiger partial charge on any atom is -0.392 e. The van der Waals surface area contributed by atoms with Gasteiger partial charge in [-0.3, -0.25) is 4.79 Å². The van der Waals surface area contributed by atoms with Crippen LogP contribution in [-0.2, 0) is 4.79 Å². The Balaban J connectivity index is 3.99. The lowest BCUT2D eigenvalue weighted by atomic mass is 9.89. The number of Topliss-reactive ketones (excluding diaryl/α,β-unsaturated/α-hetero) is 1. The molecule has 0 aliphatic heterocycles. The Kier molecular flexibility index (Phi) is 8.54. The molecule has 2 nitrogen and oxygen atoms in total. The standard InChI is InChI=1S/C14H28O2/c1-5-7-8-12(6-2)14(16)10-13(15)9-11(3)4/h11-12,14,16H,5-10H2,1-4H3. The number of aliphatic hydroxyl groups excluding tert-OH is 1. The smallest absolute Gasteiger partial charge is 0.135 e. The number of unbranched alkanes of at least 4 members (excludes halogenated alkanes) is 1. The normalized spacial score (nSPS) is 15.1. The molecule has 0 rings (SSSR count). The third-order valence-corrected chi connectivity index (χ3v) is 3.07. The van der Waals surface area contributed by atoms with Gasteiger partial charge in [-0.2, -0.15) is 0 Å².